The molecule has 0 aromatic carbocycles. The molecule has 0 bridgehead atoms. The monoisotopic (exact) mass is 258 g/mol. The fourth-order valence-corrected chi connectivity index (χ4v) is 2.27. The van der Waals surface area contributed by atoms with Crippen molar-refractivity contribution in [1.29, 1.82) is 0 Å². The van der Waals surface area contributed by atoms with Crippen LogP contribution >= 0.6 is 0 Å². The molecular formula is C13H22O5. The number of hydrogen-bond acceptors (Lipinski definition) is 4. The summed E-state index contributed by atoms with van der Waals surface area (Å²) in [5, 5.41) is 18.7. The summed E-state index contributed by atoms with van der Waals surface area (Å²) in [5.41, 5.74) is -1.09. The standard InChI is InChI=1S/C13H22O5/c1-5-13(6-7-13)8(9(14)10(15)16)11(17)18-12(2,3)4/h8-9,14H,5-7H2,1-4H3,(H,15,16). The molecule has 1 saturated carbocycles. The van der Waals surface area contributed by atoms with E-state index in [9.17, 15) is 14.7 Å². The SMILES string of the molecule is CCC1(C(C(=O)OC(C)(C)C)C(O)C(=O)O)CC1. The number of aliphatic hydroxyl groups excluding tert-OH is 1. The largest absolute Gasteiger partial charge is 0.479 e. The van der Waals surface area contributed by atoms with Crippen molar-refractivity contribution in [3.05, 3.63) is 0 Å². The predicted molar refractivity (Wildman–Crippen MR) is 64.9 cm³/mol. The molecule has 5 heteroatoms. The normalized spacial score (nSPS) is 20.9. The molecule has 0 amide bonds. The van der Waals surface area contributed by atoms with Gasteiger partial charge in [0.1, 0.15) is 5.60 Å². The Morgan fingerprint density at radius 1 is 1.33 bits per heavy atom. The number of rotatable bonds is 5. The van der Waals surface area contributed by atoms with Crippen LogP contribution in [0.25, 0.3) is 0 Å². The Kier molecular flexibility index (Phi) is 4.05. The fourth-order valence-electron chi connectivity index (χ4n) is 2.27. The van der Waals surface area contributed by atoms with E-state index in [2.05, 4.69) is 0 Å². The molecule has 0 spiro atoms. The lowest BCUT2D eigenvalue weighted by atomic mass is 9.82. The molecule has 0 radical (unpaired) electrons. The number of ether oxygens (including phenoxy) is 1. The topological polar surface area (TPSA) is 83.8 Å². The lowest BCUT2D eigenvalue weighted by Gasteiger charge is -2.30. The third-order valence-corrected chi connectivity index (χ3v) is 3.49. The number of hydrogen-bond donors (Lipinski definition) is 2. The van der Waals surface area contributed by atoms with Gasteiger partial charge >= 0.3 is 11.9 Å². The Balaban J connectivity index is 2.92. The van der Waals surface area contributed by atoms with Crippen LogP contribution in [0.2, 0.25) is 0 Å². The first-order valence-electron chi connectivity index (χ1n) is 6.27. The molecule has 0 saturated heterocycles. The van der Waals surface area contributed by atoms with E-state index in [1.807, 2.05) is 6.92 Å². The molecule has 1 aliphatic carbocycles. The summed E-state index contributed by atoms with van der Waals surface area (Å²) in [6, 6.07) is 0. The average Bonchev–Trinajstić information content (AvgIpc) is 2.96. The Morgan fingerprint density at radius 2 is 1.83 bits per heavy atom. The van der Waals surface area contributed by atoms with Gasteiger partial charge in [-0.05, 0) is 45.4 Å². The van der Waals surface area contributed by atoms with Gasteiger partial charge in [0.15, 0.2) is 6.10 Å². The van der Waals surface area contributed by atoms with Gasteiger partial charge in [-0.1, -0.05) is 6.92 Å². The lowest BCUT2D eigenvalue weighted by molar-refractivity contribution is -0.175. The van der Waals surface area contributed by atoms with Crippen LogP contribution in [-0.2, 0) is 14.3 Å². The zero-order valence-corrected chi connectivity index (χ0v) is 11.4. The summed E-state index contributed by atoms with van der Waals surface area (Å²) >= 11 is 0. The minimum atomic E-state index is -1.69. The van der Waals surface area contributed by atoms with Gasteiger partial charge < -0.3 is 14.9 Å². The van der Waals surface area contributed by atoms with Crippen LogP contribution in [0.15, 0.2) is 0 Å². The first-order chi connectivity index (χ1) is 8.13. The second-order valence-corrected chi connectivity index (χ2v) is 6.01. The average molecular weight is 258 g/mol. The van der Waals surface area contributed by atoms with E-state index in [4.69, 9.17) is 9.84 Å². The number of aliphatic carboxylic acids is 1. The van der Waals surface area contributed by atoms with Gasteiger partial charge in [-0.25, -0.2) is 4.79 Å². The number of carbonyl (C=O) groups excluding carboxylic acids is 1. The zero-order valence-electron chi connectivity index (χ0n) is 11.4. The molecule has 0 heterocycles. The van der Waals surface area contributed by atoms with Crippen molar-refractivity contribution < 1.29 is 24.5 Å². The molecule has 18 heavy (non-hydrogen) atoms. The molecular weight excluding hydrogens is 236 g/mol. The van der Waals surface area contributed by atoms with E-state index >= 15 is 0 Å². The highest BCUT2D eigenvalue weighted by molar-refractivity contribution is 5.84. The lowest BCUT2D eigenvalue weighted by Crippen LogP contribution is -2.43. The number of carboxylic acid groups (broad SMARTS) is 1. The van der Waals surface area contributed by atoms with Crippen LogP contribution in [0, 0.1) is 11.3 Å². The van der Waals surface area contributed by atoms with Crippen molar-refractivity contribution in [3.8, 4) is 0 Å². The van der Waals surface area contributed by atoms with Crippen molar-refractivity contribution in [1.82, 2.24) is 0 Å². The van der Waals surface area contributed by atoms with Crippen LogP contribution in [0.5, 0.6) is 0 Å². The summed E-state index contributed by atoms with van der Waals surface area (Å²) in [7, 11) is 0. The van der Waals surface area contributed by atoms with Gasteiger partial charge in [-0.3, -0.25) is 4.79 Å². The second-order valence-electron chi connectivity index (χ2n) is 6.01. The van der Waals surface area contributed by atoms with Crippen LogP contribution in [-0.4, -0.2) is 33.9 Å². The smallest absolute Gasteiger partial charge is 0.333 e. The van der Waals surface area contributed by atoms with E-state index in [0.717, 1.165) is 12.8 Å². The molecule has 0 aliphatic heterocycles. The Bertz CT molecular complexity index is 338. The van der Waals surface area contributed by atoms with Crippen molar-refractivity contribution in [2.24, 2.45) is 11.3 Å². The predicted octanol–water partition coefficient (Wildman–Crippen LogP) is 1.58. The number of carbonyl (C=O) groups is 2. The van der Waals surface area contributed by atoms with Crippen molar-refractivity contribution in [3.63, 3.8) is 0 Å². The fraction of sp³-hybridized carbons (Fsp3) is 0.846. The van der Waals surface area contributed by atoms with Gasteiger partial charge in [0.25, 0.3) is 0 Å². The van der Waals surface area contributed by atoms with Gasteiger partial charge in [-0.2, -0.15) is 0 Å². The highest BCUT2D eigenvalue weighted by atomic mass is 16.6. The molecule has 104 valence electrons. The van der Waals surface area contributed by atoms with Gasteiger partial charge in [0.2, 0.25) is 0 Å². The van der Waals surface area contributed by atoms with Crippen LogP contribution < -0.4 is 0 Å². The quantitative estimate of drug-likeness (QED) is 0.731. The maximum absolute atomic E-state index is 12.1. The summed E-state index contributed by atoms with van der Waals surface area (Å²) in [6.07, 6.45) is 0.499. The molecule has 1 rings (SSSR count). The first-order valence-corrected chi connectivity index (χ1v) is 6.27. The Morgan fingerprint density at radius 3 is 2.11 bits per heavy atom. The first kappa shape index (κ1) is 15.0. The van der Waals surface area contributed by atoms with Crippen LogP contribution in [0.1, 0.15) is 47.0 Å². The molecule has 1 fully saturated rings. The molecule has 0 aromatic heterocycles. The van der Waals surface area contributed by atoms with E-state index in [0.29, 0.717) is 6.42 Å². The highest BCUT2D eigenvalue weighted by Crippen LogP contribution is 2.56. The van der Waals surface area contributed by atoms with E-state index in [1.54, 1.807) is 20.8 Å². The zero-order chi connectivity index (χ0) is 14.1. The summed E-state index contributed by atoms with van der Waals surface area (Å²) < 4.78 is 5.24. The Labute approximate surface area is 107 Å². The van der Waals surface area contributed by atoms with E-state index in [-0.39, 0.29) is 0 Å². The van der Waals surface area contributed by atoms with Gasteiger partial charge in [0, 0.05) is 0 Å². The number of esters is 1. The maximum atomic E-state index is 12.1. The highest BCUT2D eigenvalue weighted by Gasteiger charge is 2.56. The molecule has 0 aromatic rings. The van der Waals surface area contributed by atoms with Gasteiger partial charge in [-0.15, -0.1) is 0 Å². The Hall–Kier alpha value is -1.10. The summed E-state index contributed by atoms with van der Waals surface area (Å²) in [6.45, 7) is 7.07. The van der Waals surface area contributed by atoms with Crippen molar-refractivity contribution in [2.45, 2.75) is 58.7 Å². The molecule has 5 nitrogen and oxygen atoms in total. The number of carboxylic acids is 1. The van der Waals surface area contributed by atoms with E-state index in [1.165, 1.54) is 0 Å². The van der Waals surface area contributed by atoms with Crippen molar-refractivity contribution >= 4 is 11.9 Å². The number of aliphatic hydroxyl groups is 1. The minimum absolute atomic E-state index is 0.403. The third kappa shape index (κ3) is 3.22. The molecule has 1 aliphatic rings. The second kappa shape index (κ2) is 4.88. The van der Waals surface area contributed by atoms with Crippen LogP contribution in [0.3, 0.4) is 0 Å². The minimum Gasteiger partial charge on any atom is -0.479 e. The molecule has 2 atom stereocenters. The van der Waals surface area contributed by atoms with Crippen molar-refractivity contribution in [2.75, 3.05) is 0 Å². The van der Waals surface area contributed by atoms with E-state index < -0.39 is 35.0 Å². The van der Waals surface area contributed by atoms with Gasteiger partial charge in [0.05, 0.1) is 5.92 Å². The molecule has 2 N–H and O–H groups in total. The molecule has 2 unspecified atom stereocenters. The maximum Gasteiger partial charge on any atom is 0.333 e. The summed E-state index contributed by atoms with van der Waals surface area (Å²) in [5.74, 6) is -2.96. The third-order valence-electron chi connectivity index (χ3n) is 3.49. The van der Waals surface area contributed by atoms with Crippen LogP contribution in [0.4, 0.5) is 0 Å². The summed E-state index contributed by atoms with van der Waals surface area (Å²) in [4.78, 5) is 23.0.